The van der Waals surface area contributed by atoms with Crippen molar-refractivity contribution in [3.05, 3.63) is 35.4 Å². The van der Waals surface area contributed by atoms with Crippen LogP contribution in [0.1, 0.15) is 43.7 Å². The smallest absolute Gasteiger partial charge is 0.0702 e. The average molecular weight is 273 g/mol. The molecule has 1 aliphatic carbocycles. The summed E-state index contributed by atoms with van der Waals surface area (Å²) in [5.74, 6) is 0. The van der Waals surface area contributed by atoms with E-state index in [1.54, 1.807) is 11.1 Å². The number of ether oxygens (including phenoxy) is 1. The number of likely N-dealkylation sites (tertiary alicyclic amines) is 1. The van der Waals surface area contributed by atoms with Gasteiger partial charge in [-0.1, -0.05) is 31.2 Å². The first-order chi connectivity index (χ1) is 9.86. The van der Waals surface area contributed by atoms with E-state index in [-0.39, 0.29) is 0 Å². The maximum Gasteiger partial charge on any atom is 0.0702 e. The van der Waals surface area contributed by atoms with Gasteiger partial charge in [0.1, 0.15) is 0 Å². The van der Waals surface area contributed by atoms with E-state index in [9.17, 15) is 0 Å². The summed E-state index contributed by atoms with van der Waals surface area (Å²) in [6.07, 6.45) is 7.95. The zero-order valence-corrected chi connectivity index (χ0v) is 12.7. The lowest BCUT2D eigenvalue weighted by molar-refractivity contribution is -0.0142. The second-order valence-corrected chi connectivity index (χ2v) is 6.30. The highest BCUT2D eigenvalue weighted by Gasteiger charge is 2.28. The monoisotopic (exact) mass is 273 g/mol. The minimum Gasteiger partial charge on any atom is -0.377 e. The number of fused-ring (bicyclic) bond motifs is 1. The van der Waals surface area contributed by atoms with E-state index < -0.39 is 0 Å². The number of rotatable bonds is 4. The molecule has 1 aromatic carbocycles. The minimum absolute atomic E-state index is 0.473. The third-order valence-electron chi connectivity index (χ3n) is 4.80. The Labute approximate surface area is 123 Å². The largest absolute Gasteiger partial charge is 0.377 e. The van der Waals surface area contributed by atoms with Crippen molar-refractivity contribution in [2.24, 2.45) is 0 Å². The molecule has 2 nitrogen and oxygen atoms in total. The third kappa shape index (κ3) is 3.24. The lowest BCUT2D eigenvalue weighted by Gasteiger charge is -2.40. The van der Waals surface area contributed by atoms with Gasteiger partial charge in [-0.2, -0.15) is 0 Å². The van der Waals surface area contributed by atoms with Gasteiger partial charge in [-0.15, -0.1) is 0 Å². The quantitative estimate of drug-likeness (QED) is 0.833. The highest BCUT2D eigenvalue weighted by molar-refractivity contribution is 5.30. The standard InChI is InChI=1S/C18H27NO/c1-2-12-20-18-8-5-11-19(14-18)17-10-9-15-6-3-4-7-16(15)13-17/h3-4,6-7,17-18H,2,5,8-14H2,1H3/t17-,18+/m0/s1. The molecular formula is C18H27NO. The molecule has 0 saturated carbocycles. The number of hydrogen-bond acceptors (Lipinski definition) is 2. The average Bonchev–Trinajstić information content (AvgIpc) is 2.53. The van der Waals surface area contributed by atoms with Gasteiger partial charge in [0.05, 0.1) is 6.10 Å². The van der Waals surface area contributed by atoms with Gasteiger partial charge in [0.2, 0.25) is 0 Å². The van der Waals surface area contributed by atoms with Crippen LogP contribution in [0.4, 0.5) is 0 Å². The number of nitrogens with zero attached hydrogens (tertiary/aromatic N) is 1. The molecule has 2 atom stereocenters. The zero-order valence-electron chi connectivity index (χ0n) is 12.7. The van der Waals surface area contributed by atoms with Gasteiger partial charge < -0.3 is 4.74 Å². The van der Waals surface area contributed by atoms with E-state index in [2.05, 4.69) is 36.1 Å². The Kier molecular flexibility index (Phi) is 4.74. The SMILES string of the molecule is CCCO[C@@H]1CCCN([C@H]2CCc3ccccc3C2)C1. The van der Waals surface area contributed by atoms with Crippen molar-refractivity contribution in [3.8, 4) is 0 Å². The van der Waals surface area contributed by atoms with Crippen LogP contribution in [-0.4, -0.2) is 36.7 Å². The first kappa shape index (κ1) is 14.1. The Bertz CT molecular complexity index is 431. The van der Waals surface area contributed by atoms with Gasteiger partial charge in [0.15, 0.2) is 0 Å². The summed E-state index contributed by atoms with van der Waals surface area (Å²) in [6.45, 7) is 5.52. The van der Waals surface area contributed by atoms with E-state index in [4.69, 9.17) is 4.74 Å². The molecule has 2 aliphatic rings. The Morgan fingerprint density at radius 1 is 1.20 bits per heavy atom. The Balaban J connectivity index is 1.59. The fourth-order valence-electron chi connectivity index (χ4n) is 3.71. The summed E-state index contributed by atoms with van der Waals surface area (Å²) in [5, 5.41) is 0. The van der Waals surface area contributed by atoms with Crippen LogP contribution in [-0.2, 0) is 17.6 Å². The Hall–Kier alpha value is -0.860. The van der Waals surface area contributed by atoms with Crippen molar-refractivity contribution in [2.45, 2.75) is 57.6 Å². The van der Waals surface area contributed by atoms with E-state index in [0.717, 1.165) is 25.6 Å². The molecule has 0 amide bonds. The van der Waals surface area contributed by atoms with Crippen molar-refractivity contribution in [1.82, 2.24) is 4.90 Å². The molecule has 20 heavy (non-hydrogen) atoms. The molecule has 1 aliphatic heterocycles. The van der Waals surface area contributed by atoms with Gasteiger partial charge in [-0.05, 0) is 56.2 Å². The van der Waals surface area contributed by atoms with Gasteiger partial charge >= 0.3 is 0 Å². The van der Waals surface area contributed by atoms with Crippen molar-refractivity contribution in [1.29, 1.82) is 0 Å². The van der Waals surface area contributed by atoms with Crippen LogP contribution in [0.15, 0.2) is 24.3 Å². The van der Waals surface area contributed by atoms with E-state index >= 15 is 0 Å². The second-order valence-electron chi connectivity index (χ2n) is 6.30. The molecular weight excluding hydrogens is 246 g/mol. The highest BCUT2D eigenvalue weighted by Crippen LogP contribution is 2.27. The molecule has 1 heterocycles. The summed E-state index contributed by atoms with van der Waals surface area (Å²) in [6, 6.07) is 9.71. The van der Waals surface area contributed by atoms with Crippen LogP contribution in [0.5, 0.6) is 0 Å². The molecule has 3 rings (SSSR count). The molecule has 0 radical (unpaired) electrons. The van der Waals surface area contributed by atoms with Gasteiger partial charge in [0.25, 0.3) is 0 Å². The van der Waals surface area contributed by atoms with Gasteiger partial charge in [0, 0.05) is 19.2 Å². The predicted octanol–water partition coefficient (Wildman–Crippen LogP) is 3.43. The number of benzene rings is 1. The first-order valence-electron chi connectivity index (χ1n) is 8.29. The zero-order chi connectivity index (χ0) is 13.8. The predicted molar refractivity (Wildman–Crippen MR) is 83.1 cm³/mol. The second kappa shape index (κ2) is 6.73. The summed E-state index contributed by atoms with van der Waals surface area (Å²) < 4.78 is 5.98. The van der Waals surface area contributed by atoms with Crippen LogP contribution in [0, 0.1) is 0 Å². The summed E-state index contributed by atoms with van der Waals surface area (Å²) in [4.78, 5) is 2.69. The number of aryl methyl sites for hydroxylation is 1. The molecule has 1 saturated heterocycles. The van der Waals surface area contributed by atoms with Crippen molar-refractivity contribution >= 4 is 0 Å². The highest BCUT2D eigenvalue weighted by atomic mass is 16.5. The first-order valence-corrected chi connectivity index (χ1v) is 8.29. The molecule has 110 valence electrons. The molecule has 0 aromatic heterocycles. The van der Waals surface area contributed by atoms with E-state index in [1.165, 1.54) is 38.6 Å². The fourth-order valence-corrected chi connectivity index (χ4v) is 3.71. The Morgan fingerprint density at radius 3 is 2.90 bits per heavy atom. The molecule has 0 bridgehead atoms. The third-order valence-corrected chi connectivity index (χ3v) is 4.80. The van der Waals surface area contributed by atoms with Crippen LogP contribution in [0.2, 0.25) is 0 Å². The molecule has 1 fully saturated rings. The van der Waals surface area contributed by atoms with E-state index in [1.807, 2.05) is 0 Å². The Morgan fingerprint density at radius 2 is 2.05 bits per heavy atom. The number of piperidine rings is 1. The summed E-state index contributed by atoms with van der Waals surface area (Å²) in [5.41, 5.74) is 3.14. The number of hydrogen-bond donors (Lipinski definition) is 0. The maximum atomic E-state index is 5.98. The maximum absolute atomic E-state index is 5.98. The van der Waals surface area contributed by atoms with Gasteiger partial charge in [-0.3, -0.25) is 4.90 Å². The van der Waals surface area contributed by atoms with Crippen molar-refractivity contribution in [3.63, 3.8) is 0 Å². The lowest BCUT2D eigenvalue weighted by atomic mass is 9.86. The molecule has 0 N–H and O–H groups in total. The summed E-state index contributed by atoms with van der Waals surface area (Å²) >= 11 is 0. The van der Waals surface area contributed by atoms with Crippen molar-refractivity contribution < 1.29 is 4.74 Å². The fraction of sp³-hybridized carbons (Fsp3) is 0.667. The lowest BCUT2D eigenvalue weighted by Crippen LogP contribution is -2.47. The molecule has 0 unspecified atom stereocenters. The molecule has 1 aromatic rings. The van der Waals surface area contributed by atoms with Gasteiger partial charge in [-0.25, -0.2) is 0 Å². The molecule has 0 spiro atoms. The van der Waals surface area contributed by atoms with Crippen LogP contribution in [0.3, 0.4) is 0 Å². The topological polar surface area (TPSA) is 12.5 Å². The van der Waals surface area contributed by atoms with Crippen LogP contribution < -0.4 is 0 Å². The minimum atomic E-state index is 0.473. The van der Waals surface area contributed by atoms with E-state index in [0.29, 0.717) is 6.10 Å². The van der Waals surface area contributed by atoms with Crippen LogP contribution >= 0.6 is 0 Å². The van der Waals surface area contributed by atoms with Crippen molar-refractivity contribution in [2.75, 3.05) is 19.7 Å². The summed E-state index contributed by atoms with van der Waals surface area (Å²) in [7, 11) is 0. The normalized spacial score (nSPS) is 27.2. The van der Waals surface area contributed by atoms with Crippen LogP contribution in [0.25, 0.3) is 0 Å². The molecule has 2 heteroatoms.